The van der Waals surface area contributed by atoms with Gasteiger partial charge in [0.25, 0.3) is 0 Å². The Morgan fingerprint density at radius 1 is 1.21 bits per heavy atom. The standard InChI is InChI=1S/C9H21O4P/c1-6-12-14(10,11-5)13-8-7-9(2,3)4/h6-8H2,1-5H3. The van der Waals surface area contributed by atoms with Crippen LogP contribution in [0.2, 0.25) is 0 Å². The second-order valence-electron chi connectivity index (χ2n) is 4.19. The first-order valence-electron chi connectivity index (χ1n) is 4.78. The minimum atomic E-state index is -3.29. The van der Waals surface area contributed by atoms with Crippen molar-refractivity contribution in [3.8, 4) is 0 Å². The maximum atomic E-state index is 11.6. The number of rotatable bonds is 6. The van der Waals surface area contributed by atoms with E-state index in [-0.39, 0.29) is 5.41 Å². The Labute approximate surface area is 86.5 Å². The average molecular weight is 224 g/mol. The van der Waals surface area contributed by atoms with Gasteiger partial charge in [0.05, 0.1) is 13.2 Å². The lowest BCUT2D eigenvalue weighted by Gasteiger charge is -2.20. The third kappa shape index (κ3) is 6.55. The molecule has 5 heteroatoms. The molecule has 4 nitrogen and oxygen atoms in total. The third-order valence-electron chi connectivity index (χ3n) is 1.61. The lowest BCUT2D eigenvalue weighted by molar-refractivity contribution is 0.124. The summed E-state index contributed by atoms with van der Waals surface area (Å²) in [6.45, 7) is 8.73. The maximum Gasteiger partial charge on any atom is 0.474 e. The molecule has 0 spiro atoms. The average Bonchev–Trinajstić information content (AvgIpc) is 2.02. The minimum absolute atomic E-state index is 0.158. The number of phosphoric acid groups is 1. The van der Waals surface area contributed by atoms with E-state index in [2.05, 4.69) is 20.8 Å². The van der Waals surface area contributed by atoms with Gasteiger partial charge in [-0.2, -0.15) is 0 Å². The molecule has 0 saturated carbocycles. The van der Waals surface area contributed by atoms with Gasteiger partial charge in [-0.25, -0.2) is 4.57 Å². The van der Waals surface area contributed by atoms with E-state index in [1.54, 1.807) is 6.92 Å². The first-order chi connectivity index (χ1) is 6.33. The van der Waals surface area contributed by atoms with Crippen LogP contribution in [-0.4, -0.2) is 20.3 Å². The summed E-state index contributed by atoms with van der Waals surface area (Å²) in [5, 5.41) is 0. The van der Waals surface area contributed by atoms with E-state index in [1.807, 2.05) is 0 Å². The van der Waals surface area contributed by atoms with E-state index < -0.39 is 7.82 Å². The molecule has 0 aromatic carbocycles. The Balaban J connectivity index is 3.91. The lowest BCUT2D eigenvalue weighted by Crippen LogP contribution is -2.09. The quantitative estimate of drug-likeness (QED) is 0.650. The zero-order valence-corrected chi connectivity index (χ0v) is 10.6. The molecule has 0 aliphatic carbocycles. The number of hydrogen-bond acceptors (Lipinski definition) is 4. The van der Waals surface area contributed by atoms with Crippen molar-refractivity contribution >= 4 is 7.82 Å². The molecule has 0 aromatic rings. The number of phosphoric ester groups is 1. The smallest absolute Gasteiger partial charge is 0.290 e. The van der Waals surface area contributed by atoms with E-state index in [9.17, 15) is 4.57 Å². The van der Waals surface area contributed by atoms with Gasteiger partial charge >= 0.3 is 7.82 Å². The molecule has 0 N–H and O–H groups in total. The highest BCUT2D eigenvalue weighted by Crippen LogP contribution is 2.48. The fourth-order valence-corrected chi connectivity index (χ4v) is 1.68. The molecule has 0 aliphatic heterocycles. The zero-order chi connectivity index (χ0) is 11.2. The predicted octanol–water partition coefficient (Wildman–Crippen LogP) is 3.23. The molecule has 1 atom stereocenters. The van der Waals surface area contributed by atoms with E-state index in [0.29, 0.717) is 13.2 Å². The summed E-state index contributed by atoms with van der Waals surface area (Å²) in [7, 11) is -1.96. The molecule has 0 bridgehead atoms. The molecular weight excluding hydrogens is 203 g/mol. The summed E-state index contributed by atoms with van der Waals surface area (Å²) >= 11 is 0. The van der Waals surface area contributed by atoms with E-state index in [0.717, 1.165) is 6.42 Å². The first-order valence-corrected chi connectivity index (χ1v) is 6.24. The Morgan fingerprint density at radius 3 is 2.14 bits per heavy atom. The zero-order valence-electron chi connectivity index (χ0n) is 9.70. The van der Waals surface area contributed by atoms with Crippen LogP contribution >= 0.6 is 7.82 Å². The second kappa shape index (κ2) is 5.86. The fraction of sp³-hybridized carbons (Fsp3) is 1.00. The van der Waals surface area contributed by atoms with Crippen molar-refractivity contribution in [3.63, 3.8) is 0 Å². The Morgan fingerprint density at radius 2 is 1.79 bits per heavy atom. The SMILES string of the molecule is CCOP(=O)(OC)OCCC(C)(C)C. The third-order valence-corrected chi connectivity index (χ3v) is 3.13. The highest BCUT2D eigenvalue weighted by atomic mass is 31.2. The maximum absolute atomic E-state index is 11.6. The molecule has 0 rings (SSSR count). The molecule has 0 fully saturated rings. The molecule has 14 heavy (non-hydrogen) atoms. The van der Waals surface area contributed by atoms with Gasteiger partial charge in [-0.15, -0.1) is 0 Å². The van der Waals surface area contributed by atoms with Crippen molar-refractivity contribution in [1.82, 2.24) is 0 Å². The normalized spacial score (nSPS) is 16.6. The van der Waals surface area contributed by atoms with E-state index >= 15 is 0 Å². The summed E-state index contributed by atoms with van der Waals surface area (Å²) in [6.07, 6.45) is 0.813. The van der Waals surface area contributed by atoms with Crippen LogP contribution in [-0.2, 0) is 18.1 Å². The Kier molecular flexibility index (Phi) is 5.91. The van der Waals surface area contributed by atoms with Gasteiger partial charge in [0.15, 0.2) is 0 Å². The summed E-state index contributed by atoms with van der Waals surface area (Å²) in [5.41, 5.74) is 0.158. The van der Waals surface area contributed by atoms with Gasteiger partial charge in [-0.05, 0) is 18.8 Å². The van der Waals surface area contributed by atoms with Crippen LogP contribution in [0.25, 0.3) is 0 Å². The van der Waals surface area contributed by atoms with Gasteiger partial charge in [0, 0.05) is 7.11 Å². The summed E-state index contributed by atoms with van der Waals surface area (Å²) < 4.78 is 26.3. The van der Waals surface area contributed by atoms with Crippen LogP contribution in [0, 0.1) is 5.41 Å². The van der Waals surface area contributed by atoms with Gasteiger partial charge in [-0.3, -0.25) is 13.6 Å². The first kappa shape index (κ1) is 14.1. The summed E-state index contributed by atoms with van der Waals surface area (Å²) in [5.74, 6) is 0. The molecule has 0 amide bonds. The fourth-order valence-electron chi connectivity index (χ4n) is 0.764. The highest BCUT2D eigenvalue weighted by Gasteiger charge is 2.24. The van der Waals surface area contributed by atoms with Crippen LogP contribution in [0.1, 0.15) is 34.1 Å². The Hall–Kier alpha value is 0.110. The van der Waals surface area contributed by atoms with Crippen LogP contribution in [0.4, 0.5) is 0 Å². The van der Waals surface area contributed by atoms with Crippen molar-refractivity contribution in [2.75, 3.05) is 20.3 Å². The van der Waals surface area contributed by atoms with Crippen LogP contribution in [0.5, 0.6) is 0 Å². The van der Waals surface area contributed by atoms with Gasteiger partial charge in [-0.1, -0.05) is 20.8 Å². The highest BCUT2D eigenvalue weighted by molar-refractivity contribution is 7.48. The predicted molar refractivity (Wildman–Crippen MR) is 56.3 cm³/mol. The van der Waals surface area contributed by atoms with Crippen molar-refractivity contribution in [1.29, 1.82) is 0 Å². The number of hydrogen-bond donors (Lipinski definition) is 0. The topological polar surface area (TPSA) is 44.8 Å². The molecule has 0 radical (unpaired) electrons. The minimum Gasteiger partial charge on any atom is -0.290 e. The van der Waals surface area contributed by atoms with E-state index in [4.69, 9.17) is 13.6 Å². The molecular formula is C9H21O4P. The monoisotopic (exact) mass is 224 g/mol. The molecule has 0 aliphatic rings. The van der Waals surface area contributed by atoms with E-state index in [1.165, 1.54) is 7.11 Å². The summed E-state index contributed by atoms with van der Waals surface area (Å²) in [4.78, 5) is 0. The van der Waals surface area contributed by atoms with Gasteiger partial charge < -0.3 is 0 Å². The summed E-state index contributed by atoms with van der Waals surface area (Å²) in [6, 6.07) is 0. The van der Waals surface area contributed by atoms with Crippen molar-refractivity contribution < 1.29 is 18.1 Å². The molecule has 1 unspecified atom stereocenters. The van der Waals surface area contributed by atoms with Crippen molar-refractivity contribution in [3.05, 3.63) is 0 Å². The van der Waals surface area contributed by atoms with Crippen molar-refractivity contribution in [2.24, 2.45) is 5.41 Å². The molecule has 0 saturated heterocycles. The molecule has 0 aromatic heterocycles. The van der Waals surface area contributed by atoms with Gasteiger partial charge in [0.2, 0.25) is 0 Å². The molecule has 86 valence electrons. The van der Waals surface area contributed by atoms with Crippen LogP contribution in [0.3, 0.4) is 0 Å². The van der Waals surface area contributed by atoms with Crippen molar-refractivity contribution in [2.45, 2.75) is 34.1 Å². The largest absolute Gasteiger partial charge is 0.474 e. The Bertz CT molecular complexity index is 197. The molecule has 0 heterocycles. The van der Waals surface area contributed by atoms with Gasteiger partial charge in [0.1, 0.15) is 0 Å². The van der Waals surface area contributed by atoms with Crippen LogP contribution in [0.15, 0.2) is 0 Å². The lowest BCUT2D eigenvalue weighted by atomic mass is 9.93. The second-order valence-corrected chi connectivity index (χ2v) is 5.97. The van der Waals surface area contributed by atoms with Crippen LogP contribution < -0.4 is 0 Å².